The van der Waals surface area contributed by atoms with E-state index in [0.717, 1.165) is 50.7 Å². The van der Waals surface area contributed by atoms with Crippen LogP contribution in [0.1, 0.15) is 76.3 Å². The molecule has 0 N–H and O–H groups in total. The molecular weight excluding hydrogens is 721 g/mol. The monoisotopic (exact) mass is 770 g/mol. The molecule has 0 aliphatic carbocycles. The van der Waals surface area contributed by atoms with E-state index in [4.69, 9.17) is 9.72 Å². The average molecular weight is 771 g/mol. The number of aromatic nitrogens is 4. The molecule has 0 radical (unpaired) electrons. The van der Waals surface area contributed by atoms with Crippen LogP contribution in [0.3, 0.4) is 0 Å². The van der Waals surface area contributed by atoms with E-state index in [1.165, 1.54) is 27.6 Å². The van der Waals surface area contributed by atoms with Crippen molar-refractivity contribution in [1.82, 2.24) is 14.1 Å². The first-order valence-electron chi connectivity index (χ1n) is 20.4. The molecule has 9 aromatic rings. The molecular formula is C54H50N4O. The summed E-state index contributed by atoms with van der Waals surface area (Å²) in [6, 6.07) is 55.9. The van der Waals surface area contributed by atoms with Crippen LogP contribution in [0.5, 0.6) is 11.5 Å². The minimum Gasteiger partial charge on any atom is -0.458 e. The molecule has 0 fully saturated rings. The predicted octanol–water partition coefficient (Wildman–Crippen LogP) is 12.8. The van der Waals surface area contributed by atoms with Crippen LogP contribution in [0.25, 0.3) is 39.0 Å². The molecule has 0 unspecified atom stereocenters. The van der Waals surface area contributed by atoms with Crippen molar-refractivity contribution in [3.05, 3.63) is 210 Å². The third-order valence-electron chi connectivity index (χ3n) is 12.0. The molecule has 6 aromatic carbocycles. The molecule has 0 aliphatic heterocycles. The molecule has 0 saturated heterocycles. The van der Waals surface area contributed by atoms with E-state index < -0.39 is 0 Å². The average Bonchev–Trinajstić information content (AvgIpc) is 3.88. The molecule has 0 atom stereocenters. The van der Waals surface area contributed by atoms with Crippen LogP contribution in [0.2, 0.25) is 0 Å². The van der Waals surface area contributed by atoms with Gasteiger partial charge in [0.05, 0.1) is 22.4 Å². The Morgan fingerprint density at radius 3 is 1.92 bits per heavy atom. The lowest BCUT2D eigenvalue weighted by Gasteiger charge is -2.27. The largest absolute Gasteiger partial charge is 0.458 e. The van der Waals surface area contributed by atoms with Crippen molar-refractivity contribution in [1.29, 1.82) is 0 Å². The number of ether oxygens (including phenoxy) is 1. The van der Waals surface area contributed by atoms with Gasteiger partial charge in [0, 0.05) is 46.3 Å². The number of fused-ring (bicyclic) bond motifs is 3. The van der Waals surface area contributed by atoms with E-state index in [9.17, 15) is 0 Å². The van der Waals surface area contributed by atoms with Crippen LogP contribution in [-0.4, -0.2) is 14.1 Å². The normalized spacial score (nSPS) is 12.3. The zero-order valence-electron chi connectivity index (χ0n) is 34.9. The number of rotatable bonds is 9. The van der Waals surface area contributed by atoms with Crippen LogP contribution in [0.15, 0.2) is 176 Å². The smallest absolute Gasteiger partial charge is 0.268 e. The minimum atomic E-state index is -0.310. The van der Waals surface area contributed by atoms with Gasteiger partial charge >= 0.3 is 0 Å². The molecule has 0 amide bonds. The summed E-state index contributed by atoms with van der Waals surface area (Å²) in [5.74, 6) is 2.38. The summed E-state index contributed by atoms with van der Waals surface area (Å²) >= 11 is 0. The Kier molecular flexibility index (Phi) is 9.35. The maximum absolute atomic E-state index is 6.90. The van der Waals surface area contributed by atoms with Gasteiger partial charge in [-0.3, -0.25) is 13.7 Å². The third-order valence-corrected chi connectivity index (χ3v) is 12.0. The molecule has 9 rings (SSSR count). The summed E-state index contributed by atoms with van der Waals surface area (Å²) in [5, 5.41) is 2.33. The first kappa shape index (κ1) is 37.8. The topological polar surface area (TPSA) is 35.9 Å². The van der Waals surface area contributed by atoms with Crippen molar-refractivity contribution >= 4 is 21.8 Å². The summed E-state index contributed by atoms with van der Waals surface area (Å²) in [6.07, 6.45) is 9.68. The van der Waals surface area contributed by atoms with Crippen LogP contribution < -0.4 is 9.30 Å². The number of hydrogen-bond acceptors (Lipinski definition) is 2. The van der Waals surface area contributed by atoms with E-state index >= 15 is 0 Å². The molecule has 3 heterocycles. The molecule has 0 bridgehead atoms. The van der Waals surface area contributed by atoms with Gasteiger partial charge in [-0.2, -0.15) is 0 Å². The van der Waals surface area contributed by atoms with Gasteiger partial charge in [-0.25, -0.2) is 4.98 Å². The molecule has 5 nitrogen and oxygen atoms in total. The quantitative estimate of drug-likeness (QED) is 0.108. The van der Waals surface area contributed by atoms with Crippen molar-refractivity contribution in [2.75, 3.05) is 0 Å². The first-order valence-corrected chi connectivity index (χ1v) is 20.4. The summed E-state index contributed by atoms with van der Waals surface area (Å²) < 4.78 is 13.3. The Morgan fingerprint density at radius 2 is 1.19 bits per heavy atom. The molecule has 3 aromatic heterocycles. The fourth-order valence-electron chi connectivity index (χ4n) is 8.24. The van der Waals surface area contributed by atoms with E-state index in [-0.39, 0.29) is 16.2 Å². The molecule has 5 heteroatoms. The number of para-hydroxylation sites is 1. The highest BCUT2D eigenvalue weighted by Crippen LogP contribution is 2.39. The summed E-state index contributed by atoms with van der Waals surface area (Å²) in [6.45, 7) is 15.8. The van der Waals surface area contributed by atoms with Gasteiger partial charge in [-0.05, 0) is 93.9 Å². The van der Waals surface area contributed by atoms with Gasteiger partial charge in [0.2, 0.25) is 0 Å². The molecule has 59 heavy (non-hydrogen) atoms. The second-order valence-electron chi connectivity index (χ2n) is 17.7. The number of nitrogens with zero attached hydrogens (tertiary/aromatic N) is 4. The molecule has 0 spiro atoms. The summed E-state index contributed by atoms with van der Waals surface area (Å²) in [7, 11) is 0. The maximum Gasteiger partial charge on any atom is 0.268 e. The van der Waals surface area contributed by atoms with E-state index in [2.05, 4.69) is 239 Å². The second-order valence-corrected chi connectivity index (χ2v) is 17.7. The SMILES string of the molecule is CC(C)(C)c1ccnc(-n2c3ccccc3c3ccc(Oc4cc(-n5[c-][n+](-c6cccc(C(C)(C)c7ccccc7)c6)cc5)cc(C(C)(C)c5ccccc5)c4)cc32)c1. The summed E-state index contributed by atoms with van der Waals surface area (Å²) in [5.41, 5.74) is 9.79. The van der Waals surface area contributed by atoms with Crippen LogP contribution >= 0.6 is 0 Å². The first-order chi connectivity index (χ1) is 28.4. The number of benzene rings is 6. The minimum absolute atomic E-state index is 0.0132. The fraction of sp³-hybridized carbons (Fsp3) is 0.185. The van der Waals surface area contributed by atoms with Crippen molar-refractivity contribution < 1.29 is 9.30 Å². The highest BCUT2D eigenvalue weighted by Gasteiger charge is 2.26. The second kappa shape index (κ2) is 14.6. The van der Waals surface area contributed by atoms with E-state index in [1.807, 2.05) is 6.20 Å². The Hall–Kier alpha value is -6.72. The van der Waals surface area contributed by atoms with Gasteiger partial charge in [-0.15, -0.1) is 0 Å². The van der Waals surface area contributed by atoms with Gasteiger partial charge in [0.15, 0.2) is 0 Å². The van der Waals surface area contributed by atoms with Crippen molar-refractivity contribution in [3.63, 3.8) is 0 Å². The van der Waals surface area contributed by atoms with Gasteiger partial charge < -0.3 is 4.74 Å². The van der Waals surface area contributed by atoms with Crippen LogP contribution in [-0.2, 0) is 16.2 Å². The van der Waals surface area contributed by atoms with Crippen molar-refractivity contribution in [3.8, 4) is 28.7 Å². The maximum atomic E-state index is 6.90. The molecule has 0 saturated carbocycles. The van der Waals surface area contributed by atoms with Crippen molar-refractivity contribution in [2.45, 2.75) is 64.7 Å². The predicted molar refractivity (Wildman–Crippen MR) is 241 cm³/mol. The zero-order chi connectivity index (χ0) is 40.9. The van der Waals surface area contributed by atoms with Gasteiger partial charge in [0.25, 0.3) is 6.33 Å². The molecule has 292 valence electrons. The Labute approximate surface area is 347 Å². The zero-order valence-corrected chi connectivity index (χ0v) is 34.9. The van der Waals surface area contributed by atoms with Crippen LogP contribution in [0.4, 0.5) is 0 Å². The van der Waals surface area contributed by atoms with Gasteiger partial charge in [-0.1, -0.05) is 139 Å². The lowest BCUT2D eigenvalue weighted by molar-refractivity contribution is -0.599. The Bertz CT molecular complexity index is 2950. The fourth-order valence-corrected chi connectivity index (χ4v) is 8.24. The van der Waals surface area contributed by atoms with Crippen molar-refractivity contribution in [2.24, 2.45) is 0 Å². The van der Waals surface area contributed by atoms with Crippen LogP contribution in [0, 0.1) is 6.33 Å². The lowest BCUT2D eigenvalue weighted by Crippen LogP contribution is -2.29. The summed E-state index contributed by atoms with van der Waals surface area (Å²) in [4.78, 5) is 4.89. The Balaban J connectivity index is 1.13. The number of hydrogen-bond donors (Lipinski definition) is 0. The molecule has 0 aliphatic rings. The number of pyridine rings is 1. The van der Waals surface area contributed by atoms with E-state index in [0.29, 0.717) is 0 Å². The Morgan fingerprint density at radius 1 is 0.525 bits per heavy atom. The highest BCUT2D eigenvalue weighted by molar-refractivity contribution is 6.09. The number of imidazole rings is 1. The standard InChI is InChI=1S/C54H50N4O/c1-52(2,3)40-27-28-55-51(34-40)58-49-24-15-14-23-47(49)48-26-25-45(36-50(48)58)59-46-33-42(54(6,7)39-19-12-9-13-20-39)32-44(35-46)57-30-29-56(37-57)43-22-16-21-41(31-43)53(4,5)38-17-10-8-11-18-38/h8-36H,1-7H3. The lowest BCUT2D eigenvalue weighted by atomic mass is 9.78. The highest BCUT2D eigenvalue weighted by atomic mass is 16.5. The van der Waals surface area contributed by atoms with Gasteiger partial charge in [0.1, 0.15) is 17.3 Å². The van der Waals surface area contributed by atoms with E-state index in [1.54, 1.807) is 0 Å². The third kappa shape index (κ3) is 7.12.